The van der Waals surface area contributed by atoms with Crippen molar-refractivity contribution in [3.63, 3.8) is 0 Å². The molecule has 0 amide bonds. The largest absolute Gasteiger partial charge is 0.380 e. The van der Waals surface area contributed by atoms with E-state index < -0.39 is 0 Å². The molecule has 2 N–H and O–H groups in total. The molecule has 6 nitrogen and oxygen atoms in total. The van der Waals surface area contributed by atoms with E-state index in [1.165, 1.54) is 10.8 Å². The molecule has 0 aromatic carbocycles. The van der Waals surface area contributed by atoms with Crippen molar-refractivity contribution in [2.24, 2.45) is 0 Å². The highest BCUT2D eigenvalue weighted by Crippen LogP contribution is 2.24. The molecule has 0 fully saturated rings. The molecule has 3 rings (SSSR count). The van der Waals surface area contributed by atoms with Crippen LogP contribution >= 0.6 is 11.6 Å². The molecule has 26 heavy (non-hydrogen) atoms. The highest BCUT2D eigenvalue weighted by molar-refractivity contribution is 6.30. The van der Waals surface area contributed by atoms with E-state index >= 15 is 0 Å². The fourth-order valence-corrected chi connectivity index (χ4v) is 3.34. The number of H-pyrrole nitrogens is 1. The molecule has 3 aromatic rings. The number of halogens is 1. The zero-order valence-electron chi connectivity index (χ0n) is 15.3. The summed E-state index contributed by atoms with van der Waals surface area (Å²) in [6, 6.07) is 5.78. The summed E-state index contributed by atoms with van der Waals surface area (Å²) in [5.74, 6) is 0.494. The Bertz CT molecular complexity index is 939. The van der Waals surface area contributed by atoms with Gasteiger partial charge in [-0.1, -0.05) is 38.3 Å². The summed E-state index contributed by atoms with van der Waals surface area (Å²) < 4.78 is 1.48. The monoisotopic (exact) mass is 373 g/mol. The van der Waals surface area contributed by atoms with Crippen molar-refractivity contribution in [3.8, 4) is 5.82 Å². The minimum atomic E-state index is -0.265. The van der Waals surface area contributed by atoms with Gasteiger partial charge in [-0.3, -0.25) is 0 Å². The summed E-state index contributed by atoms with van der Waals surface area (Å²) in [5.41, 5.74) is 2.75. The van der Waals surface area contributed by atoms with Crippen molar-refractivity contribution in [1.29, 1.82) is 0 Å². The van der Waals surface area contributed by atoms with Gasteiger partial charge >= 0.3 is 5.69 Å². The lowest BCUT2D eigenvalue weighted by molar-refractivity contribution is 0.586. The van der Waals surface area contributed by atoms with E-state index in [2.05, 4.69) is 34.1 Å². The van der Waals surface area contributed by atoms with Gasteiger partial charge in [-0.15, -0.1) is 0 Å². The van der Waals surface area contributed by atoms with E-state index in [9.17, 15) is 4.79 Å². The van der Waals surface area contributed by atoms with Crippen molar-refractivity contribution in [2.45, 2.75) is 52.5 Å². The predicted molar refractivity (Wildman–Crippen MR) is 106 cm³/mol. The fourth-order valence-electron chi connectivity index (χ4n) is 3.23. The molecule has 3 heterocycles. The van der Waals surface area contributed by atoms with Gasteiger partial charge in [0, 0.05) is 17.9 Å². The second-order valence-corrected chi connectivity index (χ2v) is 6.97. The first-order valence-corrected chi connectivity index (χ1v) is 9.42. The first kappa shape index (κ1) is 18.5. The Morgan fingerprint density at radius 3 is 2.62 bits per heavy atom. The van der Waals surface area contributed by atoms with Crippen LogP contribution in [-0.2, 0) is 0 Å². The van der Waals surface area contributed by atoms with Crippen molar-refractivity contribution in [2.75, 3.05) is 5.32 Å². The summed E-state index contributed by atoms with van der Waals surface area (Å²) in [6.45, 7) is 6.29. The number of aromatic nitrogens is 4. The molecular weight excluding hydrogens is 350 g/mol. The third-order valence-corrected chi connectivity index (χ3v) is 4.57. The minimum absolute atomic E-state index is 0.265. The van der Waals surface area contributed by atoms with Gasteiger partial charge < -0.3 is 10.3 Å². The third kappa shape index (κ3) is 3.75. The van der Waals surface area contributed by atoms with Crippen molar-refractivity contribution in [1.82, 2.24) is 19.5 Å². The third-order valence-electron chi connectivity index (χ3n) is 4.35. The molecular formula is C19H24ClN5O. The normalized spacial score (nSPS) is 11.4. The zero-order chi connectivity index (χ0) is 18.7. The lowest BCUT2D eigenvalue weighted by Gasteiger charge is -2.19. The lowest BCUT2D eigenvalue weighted by Crippen LogP contribution is -2.19. The van der Waals surface area contributed by atoms with Crippen molar-refractivity contribution < 1.29 is 0 Å². The first-order chi connectivity index (χ1) is 12.5. The summed E-state index contributed by atoms with van der Waals surface area (Å²) in [5, 5.41) is 4.12. The van der Waals surface area contributed by atoms with Crippen LogP contribution in [0.5, 0.6) is 0 Å². The number of pyridine rings is 2. The number of hydrogen-bond acceptors (Lipinski definition) is 4. The zero-order valence-corrected chi connectivity index (χ0v) is 16.1. The summed E-state index contributed by atoms with van der Waals surface area (Å²) in [4.78, 5) is 24.4. The number of nitrogens with zero attached hydrogens (tertiary/aromatic N) is 3. The van der Waals surface area contributed by atoms with Gasteiger partial charge in [0.2, 0.25) is 0 Å². The summed E-state index contributed by atoms with van der Waals surface area (Å²) in [6.07, 6.45) is 5.91. The van der Waals surface area contributed by atoms with Gasteiger partial charge in [-0.05, 0) is 38.0 Å². The number of fused-ring (bicyclic) bond motifs is 1. The van der Waals surface area contributed by atoms with Gasteiger partial charge in [0.1, 0.15) is 11.3 Å². The van der Waals surface area contributed by atoms with E-state index in [0.717, 1.165) is 37.1 Å². The van der Waals surface area contributed by atoms with E-state index in [1.54, 1.807) is 12.1 Å². The molecule has 3 aromatic heterocycles. The molecule has 0 aliphatic carbocycles. The maximum atomic E-state index is 12.6. The van der Waals surface area contributed by atoms with Crippen LogP contribution in [0.4, 0.5) is 5.69 Å². The quantitative estimate of drug-likeness (QED) is 0.641. The van der Waals surface area contributed by atoms with Gasteiger partial charge in [-0.25, -0.2) is 19.3 Å². The highest BCUT2D eigenvalue weighted by atomic mass is 35.5. The van der Waals surface area contributed by atoms with Gasteiger partial charge in [0.25, 0.3) is 0 Å². The fraction of sp³-hybridized carbons (Fsp3) is 0.421. The van der Waals surface area contributed by atoms with Crippen LogP contribution in [0.25, 0.3) is 17.0 Å². The Morgan fingerprint density at radius 1 is 1.27 bits per heavy atom. The Kier molecular flexibility index (Phi) is 5.61. The number of nitrogens with one attached hydrogen (secondary N) is 2. The lowest BCUT2D eigenvalue weighted by atomic mass is 10.1. The van der Waals surface area contributed by atoms with Crippen LogP contribution in [0.1, 0.15) is 45.2 Å². The Morgan fingerprint density at radius 2 is 2.00 bits per heavy atom. The molecule has 0 aliphatic rings. The SMILES string of the molecule is CCCC(CCC)Nc1cc(C)nc2c1[nH]c(=O)n2-c1ccc(Cl)cn1. The number of imidazole rings is 1. The average molecular weight is 374 g/mol. The van der Waals surface area contributed by atoms with Crippen LogP contribution in [0, 0.1) is 6.92 Å². The summed E-state index contributed by atoms with van der Waals surface area (Å²) >= 11 is 5.91. The van der Waals surface area contributed by atoms with E-state index in [0.29, 0.717) is 28.0 Å². The van der Waals surface area contributed by atoms with E-state index in [4.69, 9.17) is 11.6 Å². The maximum Gasteiger partial charge on any atom is 0.333 e. The first-order valence-electron chi connectivity index (χ1n) is 9.04. The molecule has 0 radical (unpaired) electrons. The Hall–Kier alpha value is -2.34. The van der Waals surface area contributed by atoms with Gasteiger partial charge in [-0.2, -0.15) is 0 Å². The number of aryl methyl sites for hydroxylation is 1. The van der Waals surface area contributed by atoms with Gasteiger partial charge in [0.15, 0.2) is 5.65 Å². The van der Waals surface area contributed by atoms with Crippen molar-refractivity contribution in [3.05, 3.63) is 45.6 Å². The van der Waals surface area contributed by atoms with E-state index in [1.807, 2.05) is 13.0 Å². The minimum Gasteiger partial charge on any atom is -0.380 e. The second kappa shape index (κ2) is 7.91. The molecule has 138 valence electrons. The molecule has 0 bridgehead atoms. The van der Waals surface area contributed by atoms with Crippen LogP contribution in [0.2, 0.25) is 5.02 Å². The number of anilines is 1. The standard InChI is InChI=1S/C19H24ClN5O/c1-4-6-14(7-5-2)23-15-10-12(3)22-18-17(15)24-19(26)25(18)16-9-8-13(20)11-21-16/h8-11,14H,4-7H2,1-3H3,(H,22,23)(H,24,26). The van der Waals surface area contributed by atoms with Crippen LogP contribution in [0.15, 0.2) is 29.2 Å². The van der Waals surface area contributed by atoms with Crippen LogP contribution in [-0.4, -0.2) is 25.6 Å². The smallest absolute Gasteiger partial charge is 0.333 e. The van der Waals surface area contributed by atoms with Crippen LogP contribution < -0.4 is 11.0 Å². The maximum absolute atomic E-state index is 12.6. The number of hydrogen-bond donors (Lipinski definition) is 2. The summed E-state index contributed by atoms with van der Waals surface area (Å²) in [7, 11) is 0. The number of rotatable bonds is 7. The predicted octanol–water partition coefficient (Wildman–Crippen LogP) is 4.45. The molecule has 0 saturated heterocycles. The molecule has 0 unspecified atom stereocenters. The molecule has 7 heteroatoms. The molecule has 0 saturated carbocycles. The van der Waals surface area contributed by atoms with Crippen LogP contribution in [0.3, 0.4) is 0 Å². The Balaban J connectivity index is 2.11. The molecule has 0 spiro atoms. The number of aromatic amines is 1. The average Bonchev–Trinajstić information content (AvgIpc) is 2.92. The van der Waals surface area contributed by atoms with Crippen molar-refractivity contribution >= 4 is 28.5 Å². The van der Waals surface area contributed by atoms with Gasteiger partial charge in [0.05, 0.1) is 10.7 Å². The Labute approximate surface area is 157 Å². The highest BCUT2D eigenvalue weighted by Gasteiger charge is 2.17. The van der Waals surface area contributed by atoms with E-state index in [-0.39, 0.29) is 5.69 Å². The second-order valence-electron chi connectivity index (χ2n) is 6.53. The molecule has 0 aliphatic heterocycles. The molecule has 0 atom stereocenters. The topological polar surface area (TPSA) is 75.6 Å².